The number of hydrogen-bond acceptors (Lipinski definition) is 4. The second-order valence-corrected chi connectivity index (χ2v) is 7.21. The van der Waals surface area contributed by atoms with E-state index in [1.165, 1.54) is 20.8 Å². The van der Waals surface area contributed by atoms with Crippen molar-refractivity contribution in [3.05, 3.63) is 23.8 Å². The number of phenolic OH excluding ortho intramolecular Hbond substituents is 1. The third kappa shape index (κ3) is 4.60. The third-order valence-corrected chi connectivity index (χ3v) is 3.74. The van der Waals surface area contributed by atoms with Gasteiger partial charge in [-0.2, -0.15) is 13.2 Å². The number of alkyl halides is 3. The molecule has 124 valence electrons. The predicted octanol–water partition coefficient (Wildman–Crippen LogP) is 1.77. The smallest absolute Gasteiger partial charge is 0.416 e. The van der Waals surface area contributed by atoms with Crippen LogP contribution in [0.15, 0.2) is 23.1 Å². The highest BCUT2D eigenvalue weighted by atomic mass is 32.2. The Morgan fingerprint density at radius 2 is 1.68 bits per heavy atom. The van der Waals surface area contributed by atoms with Gasteiger partial charge >= 0.3 is 6.18 Å². The van der Waals surface area contributed by atoms with E-state index in [1.807, 2.05) is 5.43 Å². The molecule has 1 amide bonds. The van der Waals surface area contributed by atoms with Crippen LogP contribution in [0.25, 0.3) is 0 Å². The molecule has 10 heteroatoms. The molecule has 22 heavy (non-hydrogen) atoms. The number of phenols is 1. The summed E-state index contributed by atoms with van der Waals surface area (Å²) < 4.78 is 61.6. The first kappa shape index (κ1) is 18.2. The molecule has 0 atom stereocenters. The normalized spacial score (nSPS) is 13.0. The molecule has 1 rings (SSSR count). The number of aromatic hydroxyl groups is 1. The van der Waals surface area contributed by atoms with Crippen molar-refractivity contribution in [1.29, 1.82) is 0 Å². The molecule has 0 saturated heterocycles. The molecule has 0 unspecified atom stereocenters. The first-order valence-corrected chi connectivity index (χ1v) is 7.45. The number of rotatable bonds is 3. The summed E-state index contributed by atoms with van der Waals surface area (Å²) in [7, 11) is -4.46. The second-order valence-electron chi connectivity index (χ2n) is 5.52. The van der Waals surface area contributed by atoms with Gasteiger partial charge in [-0.1, -0.05) is 20.8 Å². The van der Waals surface area contributed by atoms with Crippen LogP contribution in [0.1, 0.15) is 26.3 Å². The quantitative estimate of drug-likeness (QED) is 0.731. The number of halogens is 3. The number of sulfonamides is 1. The highest BCUT2D eigenvalue weighted by molar-refractivity contribution is 7.89. The van der Waals surface area contributed by atoms with E-state index < -0.39 is 43.7 Å². The van der Waals surface area contributed by atoms with E-state index in [2.05, 4.69) is 0 Å². The lowest BCUT2D eigenvalue weighted by Crippen LogP contribution is -2.46. The van der Waals surface area contributed by atoms with Gasteiger partial charge in [0.25, 0.3) is 10.0 Å². The van der Waals surface area contributed by atoms with Crippen LogP contribution in [0.4, 0.5) is 13.2 Å². The zero-order chi connectivity index (χ0) is 17.3. The van der Waals surface area contributed by atoms with Crippen LogP contribution in [-0.2, 0) is 21.0 Å². The number of hydrogen-bond donors (Lipinski definition) is 3. The van der Waals surface area contributed by atoms with Crippen molar-refractivity contribution in [2.45, 2.75) is 31.8 Å². The fourth-order valence-electron chi connectivity index (χ4n) is 1.26. The summed E-state index contributed by atoms with van der Waals surface area (Å²) in [5.41, 5.74) is -0.329. The summed E-state index contributed by atoms with van der Waals surface area (Å²) in [4.78, 5) is 12.4. The molecule has 0 saturated carbocycles. The second kappa shape index (κ2) is 5.76. The predicted molar refractivity (Wildman–Crippen MR) is 71.0 cm³/mol. The molecule has 0 spiro atoms. The zero-order valence-electron chi connectivity index (χ0n) is 11.9. The molecule has 1 aromatic rings. The molecule has 3 N–H and O–H groups in total. The maximum absolute atomic E-state index is 12.6. The number of amides is 1. The summed E-state index contributed by atoms with van der Waals surface area (Å²) in [5.74, 6) is -1.54. The molecule has 1 aromatic carbocycles. The molecule has 6 nitrogen and oxygen atoms in total. The van der Waals surface area contributed by atoms with E-state index in [0.717, 1.165) is 0 Å². The van der Waals surface area contributed by atoms with E-state index >= 15 is 0 Å². The Bertz CT molecular complexity index is 679. The van der Waals surface area contributed by atoms with Crippen molar-refractivity contribution in [3.8, 4) is 5.75 Å². The molecule has 0 aromatic heterocycles. The van der Waals surface area contributed by atoms with Gasteiger partial charge in [-0.15, -0.1) is 4.83 Å². The van der Waals surface area contributed by atoms with Gasteiger partial charge in [0.15, 0.2) is 0 Å². The minimum Gasteiger partial charge on any atom is -0.508 e. The first-order valence-electron chi connectivity index (χ1n) is 5.97. The SMILES string of the molecule is CC(C)(C)C(=O)NNS(=O)(=O)c1cc(O)cc(C(F)(F)F)c1. The van der Waals surface area contributed by atoms with Crippen molar-refractivity contribution in [2.24, 2.45) is 5.41 Å². The van der Waals surface area contributed by atoms with Gasteiger partial charge in [0.05, 0.1) is 10.5 Å². The Kier molecular flexibility index (Phi) is 4.78. The van der Waals surface area contributed by atoms with Crippen LogP contribution in [-0.4, -0.2) is 19.4 Å². The maximum atomic E-state index is 12.6. The Hall–Kier alpha value is -1.81. The van der Waals surface area contributed by atoms with E-state index in [4.69, 9.17) is 0 Å². The van der Waals surface area contributed by atoms with Crippen molar-refractivity contribution in [2.75, 3.05) is 0 Å². The first-order chi connectivity index (χ1) is 9.73. The highest BCUT2D eigenvalue weighted by Crippen LogP contribution is 2.33. The van der Waals surface area contributed by atoms with Crippen molar-refractivity contribution in [3.63, 3.8) is 0 Å². The average Bonchev–Trinajstić information content (AvgIpc) is 2.33. The van der Waals surface area contributed by atoms with E-state index in [9.17, 15) is 31.5 Å². The number of carbonyl (C=O) groups is 1. The largest absolute Gasteiger partial charge is 0.508 e. The summed E-state index contributed by atoms with van der Waals surface area (Å²) in [5, 5.41) is 9.25. The van der Waals surface area contributed by atoms with Crippen LogP contribution in [0.5, 0.6) is 5.75 Å². The minimum absolute atomic E-state index is 0.352. The monoisotopic (exact) mass is 340 g/mol. The number of nitrogens with one attached hydrogen (secondary N) is 2. The lowest BCUT2D eigenvalue weighted by Gasteiger charge is -2.18. The fourth-order valence-corrected chi connectivity index (χ4v) is 2.17. The molecule has 0 aliphatic carbocycles. The van der Waals surface area contributed by atoms with Crippen molar-refractivity contribution >= 4 is 15.9 Å². The molecule has 0 heterocycles. The molecular weight excluding hydrogens is 325 g/mol. The van der Waals surface area contributed by atoms with Gasteiger partial charge in [0.1, 0.15) is 5.75 Å². The van der Waals surface area contributed by atoms with Gasteiger partial charge in [-0.05, 0) is 18.2 Å². The summed E-state index contributed by atoms with van der Waals surface area (Å²) in [6.07, 6.45) is -4.82. The Morgan fingerprint density at radius 3 is 2.14 bits per heavy atom. The summed E-state index contributed by atoms with van der Waals surface area (Å²) in [6, 6.07) is 1.39. The van der Waals surface area contributed by atoms with Crippen LogP contribution >= 0.6 is 0 Å². The van der Waals surface area contributed by atoms with Gasteiger partial charge in [-0.3, -0.25) is 10.2 Å². The lowest BCUT2D eigenvalue weighted by molar-refractivity contribution is -0.137. The molecule has 0 fully saturated rings. The van der Waals surface area contributed by atoms with Crippen LogP contribution in [0.2, 0.25) is 0 Å². The third-order valence-electron chi connectivity index (χ3n) is 2.51. The highest BCUT2D eigenvalue weighted by Gasteiger charge is 2.33. The number of hydrazine groups is 1. The van der Waals surface area contributed by atoms with Gasteiger partial charge in [0.2, 0.25) is 5.91 Å². The Morgan fingerprint density at radius 1 is 1.14 bits per heavy atom. The molecule has 0 radical (unpaired) electrons. The van der Waals surface area contributed by atoms with Crippen molar-refractivity contribution in [1.82, 2.24) is 10.3 Å². The fraction of sp³-hybridized carbons (Fsp3) is 0.417. The van der Waals surface area contributed by atoms with E-state index in [1.54, 1.807) is 4.83 Å². The van der Waals surface area contributed by atoms with Crippen LogP contribution in [0.3, 0.4) is 0 Å². The number of carbonyl (C=O) groups excluding carboxylic acids is 1. The number of benzene rings is 1. The standard InChI is InChI=1S/C12H15F3N2O4S/c1-11(2,3)10(19)16-17-22(20,21)9-5-7(12(13,14)15)4-8(18)6-9/h4-6,17-18H,1-3H3,(H,16,19). The maximum Gasteiger partial charge on any atom is 0.416 e. The van der Waals surface area contributed by atoms with Crippen molar-refractivity contribution < 1.29 is 31.5 Å². The zero-order valence-corrected chi connectivity index (χ0v) is 12.8. The van der Waals surface area contributed by atoms with Gasteiger partial charge in [0, 0.05) is 5.41 Å². The van der Waals surface area contributed by atoms with E-state index in [0.29, 0.717) is 18.2 Å². The van der Waals surface area contributed by atoms with E-state index in [-0.39, 0.29) is 0 Å². The molecule has 0 aliphatic heterocycles. The Labute approximate surface area is 125 Å². The summed E-state index contributed by atoms with van der Waals surface area (Å²) >= 11 is 0. The minimum atomic E-state index is -4.82. The lowest BCUT2D eigenvalue weighted by atomic mass is 9.96. The van der Waals surface area contributed by atoms with Crippen LogP contribution < -0.4 is 10.3 Å². The summed E-state index contributed by atoms with van der Waals surface area (Å²) in [6.45, 7) is 4.56. The van der Waals surface area contributed by atoms with Crippen LogP contribution in [0, 0.1) is 5.41 Å². The van der Waals surface area contributed by atoms with Gasteiger partial charge in [-0.25, -0.2) is 8.42 Å². The average molecular weight is 340 g/mol. The Balaban J connectivity index is 3.09. The molecular formula is C12H15F3N2O4S. The van der Waals surface area contributed by atoms with Gasteiger partial charge < -0.3 is 5.11 Å². The topological polar surface area (TPSA) is 95.5 Å². The molecule has 0 bridgehead atoms. The molecule has 0 aliphatic rings.